The number of aryl methyl sites for hydroxylation is 1. The molecule has 1 amide bonds. The van der Waals surface area contributed by atoms with E-state index in [1.165, 1.54) is 0 Å². The van der Waals surface area contributed by atoms with Gasteiger partial charge in [-0.2, -0.15) is 4.98 Å². The zero-order valence-corrected chi connectivity index (χ0v) is 20.9. The normalized spacial score (nSPS) is 17.2. The summed E-state index contributed by atoms with van der Waals surface area (Å²) in [6.07, 6.45) is 5.33. The Hall–Kier alpha value is -3.62. The van der Waals surface area contributed by atoms with Crippen LogP contribution < -0.4 is 5.32 Å². The van der Waals surface area contributed by atoms with Crippen molar-refractivity contribution in [1.82, 2.24) is 25.3 Å². The van der Waals surface area contributed by atoms with Crippen molar-refractivity contribution in [3.8, 4) is 11.4 Å². The van der Waals surface area contributed by atoms with E-state index < -0.39 is 0 Å². The predicted molar refractivity (Wildman–Crippen MR) is 137 cm³/mol. The van der Waals surface area contributed by atoms with Gasteiger partial charge >= 0.3 is 0 Å². The molecule has 1 aliphatic rings. The second kappa shape index (κ2) is 10.8. The molecule has 0 saturated carbocycles. The van der Waals surface area contributed by atoms with Crippen LogP contribution in [0, 0.1) is 6.92 Å². The van der Waals surface area contributed by atoms with Crippen molar-refractivity contribution in [2.75, 3.05) is 6.54 Å². The number of benzene rings is 1. The zero-order valence-electron chi connectivity index (χ0n) is 20.1. The van der Waals surface area contributed by atoms with E-state index in [2.05, 4.69) is 20.4 Å². The zero-order chi connectivity index (χ0) is 24.9. The highest BCUT2D eigenvalue weighted by Gasteiger charge is 2.31. The van der Waals surface area contributed by atoms with Gasteiger partial charge in [-0.15, -0.1) is 0 Å². The lowest BCUT2D eigenvalue weighted by molar-refractivity contribution is -0.121. The molecule has 3 aromatic rings. The van der Waals surface area contributed by atoms with Gasteiger partial charge in [-0.25, -0.2) is 4.99 Å². The van der Waals surface area contributed by atoms with Crippen LogP contribution in [-0.2, 0) is 11.3 Å². The summed E-state index contributed by atoms with van der Waals surface area (Å²) in [7, 11) is 0. The van der Waals surface area contributed by atoms with Gasteiger partial charge in [0.2, 0.25) is 11.7 Å². The van der Waals surface area contributed by atoms with E-state index in [4.69, 9.17) is 21.1 Å². The molecule has 0 bridgehead atoms. The number of carbonyl (C=O) groups is 1. The van der Waals surface area contributed by atoms with Crippen LogP contribution in [0.15, 0.2) is 69.8 Å². The van der Waals surface area contributed by atoms with Crippen LogP contribution in [0.3, 0.4) is 0 Å². The molecular weight excluding hydrogens is 464 g/mol. The largest absolute Gasteiger partial charge is 0.339 e. The van der Waals surface area contributed by atoms with Crippen LogP contribution >= 0.6 is 11.6 Å². The number of aromatic nitrogens is 3. The number of amides is 1. The Labute approximate surface area is 209 Å². The topological polar surface area (TPSA) is 96.5 Å². The van der Waals surface area contributed by atoms with E-state index in [1.54, 1.807) is 24.1 Å². The number of hydrogen-bond acceptors (Lipinski definition) is 7. The number of amidine groups is 1. The smallest absolute Gasteiger partial charge is 0.260 e. The molecule has 2 aromatic heterocycles. The van der Waals surface area contributed by atoms with Crippen LogP contribution in [0.4, 0.5) is 0 Å². The number of nitrogens with one attached hydrogen (secondary N) is 1. The molecule has 35 heavy (non-hydrogen) atoms. The first-order chi connectivity index (χ1) is 16.9. The third-order valence-corrected chi connectivity index (χ3v) is 5.89. The quantitative estimate of drug-likeness (QED) is 0.510. The van der Waals surface area contributed by atoms with E-state index in [9.17, 15) is 4.79 Å². The summed E-state index contributed by atoms with van der Waals surface area (Å²) in [6.45, 7) is 8.58. The number of nitrogens with zero attached hydrogens (tertiary/aromatic N) is 5. The van der Waals surface area contributed by atoms with Gasteiger partial charge in [-0.3, -0.25) is 20.0 Å². The van der Waals surface area contributed by atoms with Gasteiger partial charge in [0.1, 0.15) is 5.84 Å². The molecule has 1 atom stereocenters. The number of halogens is 1. The predicted octanol–water partition coefficient (Wildman–Crippen LogP) is 4.82. The molecule has 8 nitrogen and oxygen atoms in total. The molecule has 0 spiro atoms. The standard InChI is InChI=1S/C26H27ClN6O2/c1-5-18-13-22(21-11-10-19(14-23(21)27)24-31-17(4)35-32-24)26(34)33(6-2)25(18)30-16(3)29-15-20-9-7-8-12-28-20/h5,7-14,16,29H,6,15H2,1-4H3/b18-5-,30-25?. The maximum atomic E-state index is 13.5. The lowest BCUT2D eigenvalue weighted by Crippen LogP contribution is -2.42. The first-order valence-corrected chi connectivity index (χ1v) is 11.8. The van der Waals surface area contributed by atoms with E-state index >= 15 is 0 Å². The fourth-order valence-corrected chi connectivity index (χ4v) is 4.08. The first-order valence-electron chi connectivity index (χ1n) is 11.4. The summed E-state index contributed by atoms with van der Waals surface area (Å²) in [5.74, 6) is 1.39. The van der Waals surface area contributed by atoms with Gasteiger partial charge in [-0.05, 0) is 45.0 Å². The molecule has 3 heterocycles. The van der Waals surface area contributed by atoms with Crippen LogP contribution in [-0.4, -0.2) is 44.5 Å². The minimum Gasteiger partial charge on any atom is -0.339 e. The number of rotatable bonds is 7. The third-order valence-electron chi connectivity index (χ3n) is 5.58. The van der Waals surface area contributed by atoms with E-state index in [0.717, 1.165) is 11.3 Å². The van der Waals surface area contributed by atoms with Crippen molar-refractivity contribution in [1.29, 1.82) is 0 Å². The van der Waals surface area contributed by atoms with Crippen LogP contribution in [0.1, 0.15) is 37.9 Å². The molecule has 0 radical (unpaired) electrons. The average molecular weight is 491 g/mol. The molecule has 9 heteroatoms. The highest BCUT2D eigenvalue weighted by molar-refractivity contribution is 6.37. The van der Waals surface area contributed by atoms with E-state index in [1.807, 2.05) is 63.3 Å². The molecule has 1 aromatic carbocycles. The first kappa shape index (κ1) is 24.5. The SMILES string of the molecule is C/C=C1/C=C(c2ccc(-c3noc(C)n3)cc2Cl)C(=O)N(CC)C1=NC(C)NCc1ccccn1. The maximum Gasteiger partial charge on any atom is 0.260 e. The minimum absolute atomic E-state index is 0.154. The Morgan fingerprint density at radius 3 is 2.74 bits per heavy atom. The third kappa shape index (κ3) is 5.39. The lowest BCUT2D eigenvalue weighted by atomic mass is 9.95. The van der Waals surface area contributed by atoms with Gasteiger partial charge in [-0.1, -0.05) is 41.0 Å². The fraction of sp³-hybridized carbons (Fsp3) is 0.269. The average Bonchev–Trinajstić information content (AvgIpc) is 3.30. The van der Waals surface area contributed by atoms with E-state index in [0.29, 0.717) is 52.4 Å². The van der Waals surface area contributed by atoms with Gasteiger partial charge in [0.05, 0.1) is 11.9 Å². The number of likely N-dealkylation sites (N-methyl/N-ethyl adjacent to an activating group) is 1. The minimum atomic E-state index is -0.222. The Kier molecular flexibility index (Phi) is 7.53. The number of hydrogen-bond donors (Lipinski definition) is 1. The molecular formula is C26H27ClN6O2. The monoisotopic (exact) mass is 490 g/mol. The van der Waals surface area contributed by atoms with Gasteiger partial charge in [0.25, 0.3) is 5.91 Å². The van der Waals surface area contributed by atoms with Crippen LogP contribution in [0.25, 0.3) is 17.0 Å². The number of carbonyl (C=O) groups excluding carboxylic acids is 1. The Morgan fingerprint density at radius 2 is 2.11 bits per heavy atom. The van der Waals surface area contributed by atoms with Crippen molar-refractivity contribution < 1.29 is 9.32 Å². The molecule has 0 aliphatic carbocycles. The van der Waals surface area contributed by atoms with Crippen molar-refractivity contribution in [2.24, 2.45) is 4.99 Å². The van der Waals surface area contributed by atoms with Crippen LogP contribution in [0.5, 0.6) is 0 Å². The highest BCUT2D eigenvalue weighted by Crippen LogP contribution is 2.33. The summed E-state index contributed by atoms with van der Waals surface area (Å²) >= 11 is 6.62. The number of pyridine rings is 1. The van der Waals surface area contributed by atoms with Gasteiger partial charge in [0, 0.05) is 53.5 Å². The summed E-state index contributed by atoms with van der Waals surface area (Å²) in [6, 6.07) is 11.2. The molecule has 0 saturated heterocycles. The second-order valence-electron chi connectivity index (χ2n) is 8.01. The highest BCUT2D eigenvalue weighted by atomic mass is 35.5. The van der Waals surface area contributed by atoms with Gasteiger partial charge in [0.15, 0.2) is 0 Å². The Morgan fingerprint density at radius 1 is 1.29 bits per heavy atom. The molecule has 1 N–H and O–H groups in total. The van der Waals surface area contributed by atoms with Crippen molar-refractivity contribution in [3.05, 3.63) is 82.5 Å². The maximum absolute atomic E-state index is 13.5. The van der Waals surface area contributed by atoms with Crippen molar-refractivity contribution in [2.45, 2.75) is 40.4 Å². The lowest BCUT2D eigenvalue weighted by Gasteiger charge is -2.30. The van der Waals surface area contributed by atoms with E-state index in [-0.39, 0.29) is 12.1 Å². The summed E-state index contributed by atoms with van der Waals surface area (Å²) < 4.78 is 5.06. The molecule has 4 rings (SSSR count). The summed E-state index contributed by atoms with van der Waals surface area (Å²) in [5, 5.41) is 7.72. The molecule has 1 unspecified atom stereocenters. The Balaban J connectivity index is 1.62. The van der Waals surface area contributed by atoms with Crippen molar-refractivity contribution in [3.63, 3.8) is 0 Å². The molecule has 1 aliphatic heterocycles. The van der Waals surface area contributed by atoms with Crippen LogP contribution in [0.2, 0.25) is 5.02 Å². The van der Waals surface area contributed by atoms with Crippen molar-refractivity contribution >= 4 is 28.9 Å². The summed E-state index contributed by atoms with van der Waals surface area (Å²) in [4.78, 5) is 28.6. The number of aliphatic imine (C=N–C) groups is 1. The fourth-order valence-electron chi connectivity index (χ4n) is 3.80. The summed E-state index contributed by atoms with van der Waals surface area (Å²) in [5.41, 5.74) is 3.64. The Bertz CT molecular complexity index is 1310. The number of allylic oxidation sites excluding steroid dienone is 1. The van der Waals surface area contributed by atoms with Gasteiger partial charge < -0.3 is 4.52 Å². The molecule has 0 fully saturated rings. The molecule has 180 valence electrons. The second-order valence-corrected chi connectivity index (χ2v) is 8.42.